The molecule has 1 N–H and O–H groups in total. The van der Waals surface area contributed by atoms with E-state index in [2.05, 4.69) is 12.2 Å². The third-order valence-electron chi connectivity index (χ3n) is 4.68. The third kappa shape index (κ3) is 0.990. The number of carboxylic acids is 1. The molecule has 17 heavy (non-hydrogen) atoms. The fourth-order valence-electron chi connectivity index (χ4n) is 4.20. The maximum absolute atomic E-state index is 11.3. The first-order valence-electron chi connectivity index (χ1n) is 6.13. The van der Waals surface area contributed by atoms with Gasteiger partial charge >= 0.3 is 5.97 Å². The molecule has 0 unspecified atom stereocenters. The Labute approximate surface area is 98.9 Å². The van der Waals surface area contributed by atoms with Gasteiger partial charge in [0.05, 0.1) is 13.2 Å². The zero-order valence-electron chi connectivity index (χ0n) is 9.33. The summed E-state index contributed by atoms with van der Waals surface area (Å²) in [5.41, 5.74) is 0.502. The van der Waals surface area contributed by atoms with E-state index in [1.807, 2.05) is 6.08 Å². The van der Waals surface area contributed by atoms with Crippen molar-refractivity contribution in [2.75, 3.05) is 13.2 Å². The number of fused-ring (bicyclic) bond motifs is 3. The summed E-state index contributed by atoms with van der Waals surface area (Å²) in [5.74, 6) is -0.720. The van der Waals surface area contributed by atoms with E-state index in [0.717, 1.165) is 6.42 Å². The van der Waals surface area contributed by atoms with Crippen molar-refractivity contribution in [3.05, 3.63) is 23.8 Å². The van der Waals surface area contributed by atoms with Crippen LogP contribution in [0.3, 0.4) is 0 Å². The Bertz CT molecular complexity index is 444. The van der Waals surface area contributed by atoms with Gasteiger partial charge in [-0.25, -0.2) is 4.79 Å². The molecule has 3 aliphatic carbocycles. The summed E-state index contributed by atoms with van der Waals surface area (Å²) in [6, 6.07) is 0. The summed E-state index contributed by atoms with van der Waals surface area (Å²) in [6.45, 7) is 1.16. The molecule has 1 aliphatic heterocycles. The van der Waals surface area contributed by atoms with Crippen LogP contribution in [0.2, 0.25) is 0 Å². The Morgan fingerprint density at radius 1 is 1.41 bits per heavy atom. The van der Waals surface area contributed by atoms with Crippen LogP contribution in [-0.2, 0) is 14.3 Å². The van der Waals surface area contributed by atoms with Crippen LogP contribution in [0.25, 0.3) is 0 Å². The number of hydrogen-bond donors (Lipinski definition) is 1. The molecule has 4 heteroatoms. The van der Waals surface area contributed by atoms with Gasteiger partial charge in [-0.15, -0.1) is 0 Å². The minimum Gasteiger partial charge on any atom is -0.478 e. The summed E-state index contributed by atoms with van der Waals surface area (Å²) in [4.78, 5) is 11.3. The highest BCUT2D eigenvalue weighted by molar-refractivity contribution is 5.89. The van der Waals surface area contributed by atoms with Crippen molar-refractivity contribution < 1.29 is 19.4 Å². The van der Waals surface area contributed by atoms with E-state index < -0.39 is 11.8 Å². The van der Waals surface area contributed by atoms with E-state index in [-0.39, 0.29) is 11.8 Å². The second kappa shape index (κ2) is 3.00. The predicted molar refractivity (Wildman–Crippen MR) is 58.1 cm³/mol. The molecule has 1 spiro atoms. The van der Waals surface area contributed by atoms with Gasteiger partial charge < -0.3 is 14.6 Å². The zero-order valence-corrected chi connectivity index (χ0v) is 9.33. The first kappa shape index (κ1) is 9.85. The number of carbonyl (C=O) groups is 1. The molecular weight excluding hydrogens is 220 g/mol. The van der Waals surface area contributed by atoms with Gasteiger partial charge in [-0.05, 0) is 18.3 Å². The van der Waals surface area contributed by atoms with Crippen LogP contribution in [0.15, 0.2) is 23.8 Å². The number of allylic oxidation sites excluding steroid dienone is 2. The highest BCUT2D eigenvalue weighted by Gasteiger charge is 2.68. The Morgan fingerprint density at radius 2 is 2.18 bits per heavy atom. The summed E-state index contributed by atoms with van der Waals surface area (Å²) in [5, 5.41) is 9.30. The standard InChI is InChI=1S/C13H14O4/c14-12(15)9-6-10-7-2-1-3-8(7)11(9)13(10)16-4-5-17-13/h1-2,6-8,10-11H,3-5H2,(H,14,15)/t7-,8+,10-,11-/m1/s1. The summed E-state index contributed by atoms with van der Waals surface area (Å²) < 4.78 is 11.7. The number of rotatable bonds is 1. The van der Waals surface area contributed by atoms with Gasteiger partial charge in [-0.2, -0.15) is 0 Å². The van der Waals surface area contributed by atoms with Crippen LogP contribution < -0.4 is 0 Å². The lowest BCUT2D eigenvalue weighted by Crippen LogP contribution is -2.39. The van der Waals surface area contributed by atoms with Crippen molar-refractivity contribution in [3.8, 4) is 0 Å². The lowest BCUT2D eigenvalue weighted by atomic mass is 9.81. The molecule has 2 fully saturated rings. The molecule has 1 heterocycles. The summed E-state index contributed by atoms with van der Waals surface area (Å²) >= 11 is 0. The molecule has 2 bridgehead atoms. The first-order chi connectivity index (χ1) is 8.24. The van der Waals surface area contributed by atoms with Crippen LogP contribution in [0, 0.1) is 23.7 Å². The fourth-order valence-corrected chi connectivity index (χ4v) is 4.20. The van der Waals surface area contributed by atoms with Crippen LogP contribution in [0.4, 0.5) is 0 Å². The van der Waals surface area contributed by atoms with Crippen LogP contribution in [0.1, 0.15) is 6.42 Å². The van der Waals surface area contributed by atoms with Crippen LogP contribution in [-0.4, -0.2) is 30.1 Å². The predicted octanol–water partition coefficient (Wildman–Crippen LogP) is 1.19. The maximum Gasteiger partial charge on any atom is 0.331 e. The summed E-state index contributed by atoms with van der Waals surface area (Å²) in [7, 11) is 0. The van der Waals surface area contributed by atoms with Crippen LogP contribution in [0.5, 0.6) is 0 Å². The van der Waals surface area contributed by atoms with E-state index in [1.54, 1.807) is 0 Å². The lowest BCUT2D eigenvalue weighted by molar-refractivity contribution is -0.190. The van der Waals surface area contributed by atoms with Gasteiger partial charge in [-0.3, -0.25) is 0 Å². The first-order valence-corrected chi connectivity index (χ1v) is 6.13. The quantitative estimate of drug-likeness (QED) is 0.692. The zero-order chi connectivity index (χ0) is 11.6. The smallest absolute Gasteiger partial charge is 0.331 e. The van der Waals surface area contributed by atoms with Crippen molar-refractivity contribution in [1.29, 1.82) is 0 Å². The number of ether oxygens (including phenoxy) is 2. The minimum absolute atomic E-state index is 0.0878. The van der Waals surface area contributed by atoms with Crippen molar-refractivity contribution in [2.24, 2.45) is 23.7 Å². The molecule has 0 aromatic carbocycles. The van der Waals surface area contributed by atoms with Gasteiger partial charge in [0.15, 0.2) is 5.79 Å². The topological polar surface area (TPSA) is 55.8 Å². The van der Waals surface area contributed by atoms with Crippen molar-refractivity contribution in [2.45, 2.75) is 12.2 Å². The molecule has 1 saturated carbocycles. The van der Waals surface area contributed by atoms with Crippen molar-refractivity contribution >= 4 is 5.97 Å². The largest absolute Gasteiger partial charge is 0.478 e. The average molecular weight is 234 g/mol. The average Bonchev–Trinajstić information content (AvgIpc) is 3.04. The lowest BCUT2D eigenvalue weighted by Gasteiger charge is -2.30. The molecule has 4 nitrogen and oxygen atoms in total. The van der Waals surface area contributed by atoms with E-state index in [4.69, 9.17) is 9.47 Å². The summed E-state index contributed by atoms with van der Waals surface area (Å²) in [6.07, 6.45) is 7.19. The Morgan fingerprint density at radius 3 is 2.88 bits per heavy atom. The number of aliphatic carboxylic acids is 1. The molecule has 0 amide bonds. The Hall–Kier alpha value is -1.13. The Balaban J connectivity index is 1.83. The molecule has 0 radical (unpaired) electrons. The minimum atomic E-state index is -0.818. The second-order valence-corrected chi connectivity index (χ2v) is 5.25. The molecular formula is C13H14O4. The number of carboxylic acid groups (broad SMARTS) is 1. The van der Waals surface area contributed by atoms with Crippen molar-refractivity contribution in [1.82, 2.24) is 0 Å². The van der Waals surface area contributed by atoms with Gasteiger partial charge in [0.1, 0.15) is 0 Å². The third-order valence-corrected chi connectivity index (χ3v) is 4.68. The molecule has 1 saturated heterocycles. The SMILES string of the molecule is O=C(O)C1=C[C@@H]2[C@@H]3C=CC[C@@H]3[C@H]1C21OCCO1. The normalized spacial score (nSPS) is 44.4. The fraction of sp³-hybridized carbons (Fsp3) is 0.615. The highest BCUT2D eigenvalue weighted by Crippen LogP contribution is 2.63. The van der Waals surface area contributed by atoms with E-state index in [0.29, 0.717) is 30.6 Å². The molecule has 4 atom stereocenters. The monoisotopic (exact) mass is 234 g/mol. The van der Waals surface area contributed by atoms with Gasteiger partial charge in [0.25, 0.3) is 0 Å². The van der Waals surface area contributed by atoms with Gasteiger partial charge in [0, 0.05) is 17.4 Å². The van der Waals surface area contributed by atoms with Crippen molar-refractivity contribution in [3.63, 3.8) is 0 Å². The second-order valence-electron chi connectivity index (χ2n) is 5.25. The van der Waals surface area contributed by atoms with E-state index in [1.165, 1.54) is 0 Å². The maximum atomic E-state index is 11.3. The molecule has 4 rings (SSSR count). The molecule has 4 aliphatic rings. The molecule has 0 aromatic heterocycles. The molecule has 0 aromatic rings. The van der Waals surface area contributed by atoms with E-state index in [9.17, 15) is 9.90 Å². The van der Waals surface area contributed by atoms with Gasteiger partial charge in [0.2, 0.25) is 0 Å². The Kier molecular flexibility index (Phi) is 1.74. The molecule has 90 valence electrons. The highest BCUT2D eigenvalue weighted by atomic mass is 16.7. The van der Waals surface area contributed by atoms with E-state index >= 15 is 0 Å². The van der Waals surface area contributed by atoms with Gasteiger partial charge in [-0.1, -0.05) is 18.2 Å². The number of hydrogen-bond acceptors (Lipinski definition) is 3. The van der Waals surface area contributed by atoms with Crippen LogP contribution >= 0.6 is 0 Å².